The first-order valence-corrected chi connectivity index (χ1v) is 9.43. The van der Waals surface area contributed by atoms with Gasteiger partial charge in [0, 0.05) is 55.9 Å². The molecule has 0 aliphatic carbocycles. The van der Waals surface area contributed by atoms with Crippen LogP contribution in [0.5, 0.6) is 5.75 Å². The van der Waals surface area contributed by atoms with Crippen LogP contribution in [-0.2, 0) is 20.6 Å². The van der Waals surface area contributed by atoms with Crippen molar-refractivity contribution in [1.29, 1.82) is 0 Å². The molecule has 0 fully saturated rings. The van der Waals surface area contributed by atoms with Crippen LogP contribution in [0, 0.1) is 0 Å². The summed E-state index contributed by atoms with van der Waals surface area (Å²) < 4.78 is 8.59. The van der Waals surface area contributed by atoms with E-state index in [1.54, 1.807) is 48.2 Å². The number of carbonyl (C=O) groups excluding carboxylic acids is 1. The number of hydrogen-bond donors (Lipinski definition) is 1. The number of aromatic nitrogens is 5. The van der Waals surface area contributed by atoms with Gasteiger partial charge in [0.2, 0.25) is 0 Å². The molecule has 30 heavy (non-hydrogen) atoms. The van der Waals surface area contributed by atoms with Gasteiger partial charge in [-0.25, -0.2) is 0 Å². The molecule has 0 saturated carbocycles. The van der Waals surface area contributed by atoms with E-state index < -0.39 is 0 Å². The molecule has 152 valence electrons. The van der Waals surface area contributed by atoms with Crippen molar-refractivity contribution in [2.75, 3.05) is 7.11 Å². The van der Waals surface area contributed by atoms with Crippen LogP contribution in [0.2, 0.25) is 0 Å². The van der Waals surface area contributed by atoms with Gasteiger partial charge in [0.05, 0.1) is 19.0 Å². The molecule has 3 aromatic heterocycles. The summed E-state index contributed by atoms with van der Waals surface area (Å²) in [6.45, 7) is 0.361. The normalized spacial score (nSPS) is 10.8. The SMILES string of the molecule is COc1cccc(-c2cc(C(=O)NCc3cncc(-c4cnn(C)c4)c3)n(C)n2)c1. The van der Waals surface area contributed by atoms with Crippen LogP contribution in [0.25, 0.3) is 22.4 Å². The summed E-state index contributed by atoms with van der Waals surface area (Å²) in [5.41, 5.74) is 4.91. The third-order valence-corrected chi connectivity index (χ3v) is 4.76. The summed E-state index contributed by atoms with van der Waals surface area (Å²) in [6, 6.07) is 11.4. The minimum absolute atomic E-state index is 0.203. The van der Waals surface area contributed by atoms with E-state index in [-0.39, 0.29) is 5.91 Å². The molecule has 0 radical (unpaired) electrons. The van der Waals surface area contributed by atoms with Gasteiger partial charge in [-0.05, 0) is 29.8 Å². The summed E-state index contributed by atoms with van der Waals surface area (Å²) in [5, 5.41) is 11.6. The molecule has 0 unspecified atom stereocenters. The lowest BCUT2D eigenvalue weighted by Gasteiger charge is -2.06. The molecule has 4 aromatic rings. The minimum atomic E-state index is -0.203. The van der Waals surface area contributed by atoms with E-state index in [4.69, 9.17) is 4.74 Å². The molecular formula is C22H22N6O2. The van der Waals surface area contributed by atoms with Crippen LogP contribution >= 0.6 is 0 Å². The van der Waals surface area contributed by atoms with Crippen LogP contribution < -0.4 is 10.1 Å². The Bertz CT molecular complexity index is 1190. The van der Waals surface area contributed by atoms with Crippen molar-refractivity contribution in [2.24, 2.45) is 14.1 Å². The fraction of sp³-hybridized carbons (Fsp3) is 0.182. The number of rotatable bonds is 6. The van der Waals surface area contributed by atoms with Gasteiger partial charge in [-0.15, -0.1) is 0 Å². The van der Waals surface area contributed by atoms with Crippen molar-refractivity contribution < 1.29 is 9.53 Å². The second kappa shape index (κ2) is 8.20. The Kier molecular flexibility index (Phi) is 5.30. The molecule has 8 heteroatoms. The number of benzene rings is 1. The second-order valence-corrected chi connectivity index (χ2v) is 6.94. The average molecular weight is 402 g/mol. The molecule has 0 bridgehead atoms. The maximum absolute atomic E-state index is 12.7. The van der Waals surface area contributed by atoms with Gasteiger partial charge in [-0.3, -0.25) is 19.1 Å². The highest BCUT2D eigenvalue weighted by Gasteiger charge is 2.15. The van der Waals surface area contributed by atoms with Crippen molar-refractivity contribution in [1.82, 2.24) is 29.9 Å². The Morgan fingerprint density at radius 3 is 2.70 bits per heavy atom. The van der Waals surface area contributed by atoms with E-state index in [1.807, 2.05) is 43.6 Å². The first-order valence-electron chi connectivity index (χ1n) is 9.43. The predicted molar refractivity (Wildman–Crippen MR) is 113 cm³/mol. The molecule has 8 nitrogen and oxygen atoms in total. The van der Waals surface area contributed by atoms with Crippen molar-refractivity contribution in [2.45, 2.75) is 6.54 Å². The van der Waals surface area contributed by atoms with E-state index in [2.05, 4.69) is 20.5 Å². The molecule has 0 atom stereocenters. The van der Waals surface area contributed by atoms with Gasteiger partial charge in [-0.1, -0.05) is 12.1 Å². The molecule has 0 aliphatic rings. The summed E-state index contributed by atoms with van der Waals surface area (Å²) >= 11 is 0. The molecule has 1 amide bonds. The van der Waals surface area contributed by atoms with Crippen LogP contribution in [-0.4, -0.2) is 37.6 Å². The fourth-order valence-electron chi connectivity index (χ4n) is 3.19. The van der Waals surface area contributed by atoms with Crippen LogP contribution in [0.15, 0.2) is 61.2 Å². The minimum Gasteiger partial charge on any atom is -0.497 e. The number of carbonyl (C=O) groups is 1. The Morgan fingerprint density at radius 2 is 1.93 bits per heavy atom. The summed E-state index contributed by atoms with van der Waals surface area (Å²) in [6.07, 6.45) is 7.24. The van der Waals surface area contributed by atoms with Crippen LogP contribution in [0.3, 0.4) is 0 Å². The highest BCUT2D eigenvalue weighted by Crippen LogP contribution is 2.23. The van der Waals surface area contributed by atoms with E-state index in [0.29, 0.717) is 17.9 Å². The molecule has 4 rings (SSSR count). The van der Waals surface area contributed by atoms with Gasteiger partial charge < -0.3 is 10.1 Å². The number of methoxy groups -OCH3 is 1. The zero-order chi connectivity index (χ0) is 21.1. The number of nitrogens with zero attached hydrogens (tertiary/aromatic N) is 5. The summed E-state index contributed by atoms with van der Waals surface area (Å²) in [5.74, 6) is 0.538. The Hall–Kier alpha value is -3.94. The lowest BCUT2D eigenvalue weighted by atomic mass is 10.1. The number of aryl methyl sites for hydroxylation is 2. The number of amides is 1. The van der Waals surface area contributed by atoms with Gasteiger partial charge >= 0.3 is 0 Å². The third kappa shape index (κ3) is 4.07. The van der Waals surface area contributed by atoms with Gasteiger partial charge in [0.15, 0.2) is 0 Å². The fourth-order valence-corrected chi connectivity index (χ4v) is 3.19. The monoisotopic (exact) mass is 402 g/mol. The van der Waals surface area contributed by atoms with Gasteiger partial charge in [0.1, 0.15) is 11.4 Å². The highest BCUT2D eigenvalue weighted by molar-refractivity contribution is 5.93. The van der Waals surface area contributed by atoms with Gasteiger partial charge in [-0.2, -0.15) is 10.2 Å². The van der Waals surface area contributed by atoms with Crippen LogP contribution in [0.4, 0.5) is 0 Å². The molecule has 0 spiro atoms. The summed E-state index contributed by atoms with van der Waals surface area (Å²) in [7, 11) is 5.24. The van der Waals surface area contributed by atoms with E-state index >= 15 is 0 Å². The highest BCUT2D eigenvalue weighted by atomic mass is 16.5. The zero-order valence-electron chi connectivity index (χ0n) is 17.0. The predicted octanol–water partition coefficient (Wildman–Crippen LogP) is 2.82. The Balaban J connectivity index is 1.48. The van der Waals surface area contributed by atoms with Crippen molar-refractivity contribution in [3.8, 4) is 28.1 Å². The van der Waals surface area contributed by atoms with Crippen LogP contribution in [0.1, 0.15) is 16.1 Å². The van der Waals surface area contributed by atoms with Crippen molar-refractivity contribution in [3.63, 3.8) is 0 Å². The molecule has 1 N–H and O–H groups in total. The van der Waals surface area contributed by atoms with Crippen molar-refractivity contribution in [3.05, 3.63) is 72.4 Å². The Morgan fingerprint density at radius 1 is 1.07 bits per heavy atom. The number of ether oxygens (including phenoxy) is 1. The smallest absolute Gasteiger partial charge is 0.269 e. The molecular weight excluding hydrogens is 380 g/mol. The molecule has 0 saturated heterocycles. The molecule has 0 aliphatic heterocycles. The van der Waals surface area contributed by atoms with E-state index in [9.17, 15) is 4.79 Å². The lowest BCUT2D eigenvalue weighted by molar-refractivity contribution is 0.0941. The maximum atomic E-state index is 12.7. The topological polar surface area (TPSA) is 86.9 Å². The Labute approximate surface area is 174 Å². The number of hydrogen-bond acceptors (Lipinski definition) is 5. The van der Waals surface area contributed by atoms with Crippen molar-refractivity contribution >= 4 is 5.91 Å². The zero-order valence-corrected chi connectivity index (χ0v) is 17.0. The largest absolute Gasteiger partial charge is 0.497 e. The lowest BCUT2D eigenvalue weighted by Crippen LogP contribution is -2.25. The van der Waals surface area contributed by atoms with E-state index in [0.717, 1.165) is 28.0 Å². The second-order valence-electron chi connectivity index (χ2n) is 6.94. The number of pyridine rings is 1. The molecule has 3 heterocycles. The van der Waals surface area contributed by atoms with Gasteiger partial charge in [0.25, 0.3) is 5.91 Å². The van der Waals surface area contributed by atoms with E-state index in [1.165, 1.54) is 0 Å². The standard InChI is InChI=1S/C22H22N6O2/c1-27-14-18(13-25-27)17-7-15(10-23-12-17)11-24-22(29)21-9-20(26-28(21)2)16-5-4-6-19(8-16)30-3/h4-10,12-14H,11H2,1-3H3,(H,24,29). The first kappa shape index (κ1) is 19.4. The number of nitrogens with one attached hydrogen (secondary N) is 1. The quantitative estimate of drug-likeness (QED) is 0.536. The summed E-state index contributed by atoms with van der Waals surface area (Å²) in [4.78, 5) is 17.0. The third-order valence-electron chi connectivity index (χ3n) is 4.76. The average Bonchev–Trinajstić information content (AvgIpc) is 3.38. The maximum Gasteiger partial charge on any atom is 0.269 e. The first-order chi connectivity index (χ1) is 14.5. The molecule has 1 aromatic carbocycles.